The highest BCUT2D eigenvalue weighted by Gasteiger charge is 2.20. The molecule has 1 aliphatic rings. The van der Waals surface area contributed by atoms with Crippen LogP contribution in [0.15, 0.2) is 48.5 Å². The maximum Gasteiger partial charge on any atom is 0.165 e. The van der Waals surface area contributed by atoms with Crippen LogP contribution in [0.2, 0.25) is 0 Å². The molecule has 2 atom stereocenters. The second-order valence-electron chi connectivity index (χ2n) is 5.55. The molecule has 0 aliphatic carbocycles. The molecule has 0 spiro atoms. The summed E-state index contributed by atoms with van der Waals surface area (Å²) in [5, 5.41) is 13.0. The Morgan fingerprint density at radius 2 is 1.92 bits per heavy atom. The van der Waals surface area contributed by atoms with Crippen LogP contribution in [-0.2, 0) is 0 Å². The van der Waals surface area contributed by atoms with E-state index in [0.29, 0.717) is 19.7 Å². The summed E-state index contributed by atoms with van der Waals surface area (Å²) in [7, 11) is 0. The minimum atomic E-state index is -0.749. The fraction of sp³-hybridized carbons (Fsp3) is 0.333. The Labute approximate surface area is 140 Å². The van der Waals surface area contributed by atoms with Gasteiger partial charge in [0.2, 0.25) is 0 Å². The molecule has 0 amide bonds. The number of hydrogen-bond donors (Lipinski definition) is 2. The van der Waals surface area contributed by atoms with Crippen molar-refractivity contribution in [1.29, 1.82) is 0 Å². The standard InChI is InChI=1S/C18H20FNO4/c19-15-5-1-2-6-16(15)22-11-13(21)9-20-10-14-12-23-17-7-3-4-8-18(17)24-14/h1-8,13-14,20-21H,9-12H2/t13-,14-/m1/s1. The summed E-state index contributed by atoms with van der Waals surface area (Å²) in [6, 6.07) is 13.6. The zero-order valence-corrected chi connectivity index (χ0v) is 13.2. The number of para-hydroxylation sites is 3. The largest absolute Gasteiger partial charge is 0.488 e. The lowest BCUT2D eigenvalue weighted by molar-refractivity contribution is 0.0772. The van der Waals surface area contributed by atoms with Crippen molar-refractivity contribution >= 4 is 0 Å². The predicted octanol–water partition coefficient (Wildman–Crippen LogP) is 1.99. The average molecular weight is 333 g/mol. The van der Waals surface area contributed by atoms with Crippen molar-refractivity contribution in [3.8, 4) is 17.2 Å². The second kappa shape index (κ2) is 7.99. The molecule has 0 bridgehead atoms. The summed E-state index contributed by atoms with van der Waals surface area (Å²) in [4.78, 5) is 0. The molecular formula is C18H20FNO4. The van der Waals surface area contributed by atoms with Gasteiger partial charge in [0.05, 0.1) is 0 Å². The van der Waals surface area contributed by atoms with Crippen molar-refractivity contribution in [1.82, 2.24) is 5.32 Å². The lowest BCUT2D eigenvalue weighted by atomic mass is 10.2. The molecule has 2 N–H and O–H groups in total. The number of halogens is 1. The van der Waals surface area contributed by atoms with Gasteiger partial charge < -0.3 is 24.6 Å². The molecule has 2 aromatic rings. The first-order valence-corrected chi connectivity index (χ1v) is 7.87. The van der Waals surface area contributed by atoms with Gasteiger partial charge in [-0.05, 0) is 24.3 Å². The van der Waals surface area contributed by atoms with E-state index in [1.165, 1.54) is 12.1 Å². The molecule has 0 saturated heterocycles. The van der Waals surface area contributed by atoms with E-state index in [9.17, 15) is 9.50 Å². The van der Waals surface area contributed by atoms with Crippen molar-refractivity contribution in [2.75, 3.05) is 26.3 Å². The molecule has 2 aromatic carbocycles. The summed E-state index contributed by atoms with van der Waals surface area (Å²) in [5.41, 5.74) is 0. The van der Waals surface area contributed by atoms with E-state index in [0.717, 1.165) is 11.5 Å². The number of aliphatic hydroxyl groups excluding tert-OH is 1. The van der Waals surface area contributed by atoms with Gasteiger partial charge >= 0.3 is 0 Å². The summed E-state index contributed by atoms with van der Waals surface area (Å²) < 4.78 is 30.1. The molecule has 0 unspecified atom stereocenters. The first-order chi connectivity index (χ1) is 11.7. The van der Waals surface area contributed by atoms with Crippen molar-refractivity contribution in [2.45, 2.75) is 12.2 Å². The van der Waals surface area contributed by atoms with Crippen LogP contribution in [0.25, 0.3) is 0 Å². The summed E-state index contributed by atoms with van der Waals surface area (Å²) in [6.45, 7) is 1.31. The van der Waals surface area contributed by atoms with Crippen molar-refractivity contribution in [3.05, 3.63) is 54.3 Å². The van der Waals surface area contributed by atoms with Gasteiger partial charge in [-0.1, -0.05) is 24.3 Å². The van der Waals surface area contributed by atoms with Crippen LogP contribution < -0.4 is 19.5 Å². The second-order valence-corrected chi connectivity index (χ2v) is 5.55. The van der Waals surface area contributed by atoms with Gasteiger partial charge in [0.1, 0.15) is 25.4 Å². The zero-order chi connectivity index (χ0) is 16.8. The van der Waals surface area contributed by atoms with Gasteiger partial charge in [-0.15, -0.1) is 0 Å². The van der Waals surface area contributed by atoms with E-state index < -0.39 is 11.9 Å². The summed E-state index contributed by atoms with van der Waals surface area (Å²) in [5.74, 6) is 1.16. The number of rotatable bonds is 7. The predicted molar refractivity (Wildman–Crippen MR) is 87.1 cm³/mol. The minimum absolute atomic E-state index is 0.0127. The SMILES string of the molecule is O[C@H](CNC[C@@H]1COc2ccccc2O1)COc1ccccc1F. The van der Waals surface area contributed by atoms with Crippen LogP contribution in [0.5, 0.6) is 17.2 Å². The topological polar surface area (TPSA) is 60.0 Å². The molecule has 1 aliphatic heterocycles. The highest BCUT2D eigenvalue weighted by molar-refractivity contribution is 5.40. The number of hydrogen-bond acceptors (Lipinski definition) is 5. The molecule has 24 heavy (non-hydrogen) atoms. The third kappa shape index (κ3) is 4.37. The van der Waals surface area contributed by atoms with Crippen molar-refractivity contribution in [3.63, 3.8) is 0 Å². The summed E-state index contributed by atoms with van der Waals surface area (Å²) in [6.07, 6.45) is -0.874. The molecule has 128 valence electrons. The van der Waals surface area contributed by atoms with Crippen LogP contribution in [0.4, 0.5) is 4.39 Å². The fourth-order valence-electron chi connectivity index (χ4n) is 2.38. The first-order valence-electron chi connectivity index (χ1n) is 7.87. The van der Waals surface area contributed by atoms with E-state index in [1.54, 1.807) is 12.1 Å². The quantitative estimate of drug-likeness (QED) is 0.812. The van der Waals surface area contributed by atoms with Crippen LogP contribution >= 0.6 is 0 Å². The van der Waals surface area contributed by atoms with Gasteiger partial charge in [0, 0.05) is 13.1 Å². The van der Waals surface area contributed by atoms with Gasteiger partial charge in [0.25, 0.3) is 0 Å². The lowest BCUT2D eigenvalue weighted by Gasteiger charge is -2.27. The number of benzene rings is 2. The third-order valence-electron chi connectivity index (χ3n) is 3.59. The Bertz CT molecular complexity index is 667. The Morgan fingerprint density at radius 1 is 1.17 bits per heavy atom. The van der Waals surface area contributed by atoms with Crippen LogP contribution in [-0.4, -0.2) is 43.6 Å². The van der Waals surface area contributed by atoms with E-state index in [2.05, 4.69) is 5.32 Å². The molecule has 6 heteroatoms. The van der Waals surface area contributed by atoms with E-state index in [1.807, 2.05) is 24.3 Å². The van der Waals surface area contributed by atoms with Crippen molar-refractivity contribution in [2.24, 2.45) is 0 Å². The van der Waals surface area contributed by atoms with Gasteiger partial charge in [-0.2, -0.15) is 0 Å². The Balaban J connectivity index is 1.37. The minimum Gasteiger partial charge on any atom is -0.488 e. The smallest absolute Gasteiger partial charge is 0.165 e. The number of nitrogens with one attached hydrogen (secondary N) is 1. The van der Waals surface area contributed by atoms with E-state index in [4.69, 9.17) is 14.2 Å². The number of ether oxygens (including phenoxy) is 3. The average Bonchev–Trinajstić information content (AvgIpc) is 2.61. The van der Waals surface area contributed by atoms with Gasteiger partial charge in [-0.3, -0.25) is 0 Å². The number of aliphatic hydroxyl groups is 1. The molecule has 0 radical (unpaired) electrons. The molecule has 0 saturated carbocycles. The normalized spacial score (nSPS) is 17.3. The third-order valence-corrected chi connectivity index (χ3v) is 3.59. The molecule has 0 aromatic heterocycles. The van der Waals surface area contributed by atoms with Crippen molar-refractivity contribution < 1.29 is 23.7 Å². The van der Waals surface area contributed by atoms with Crippen LogP contribution in [0.3, 0.4) is 0 Å². The van der Waals surface area contributed by atoms with E-state index in [-0.39, 0.29) is 18.5 Å². The molecule has 5 nitrogen and oxygen atoms in total. The molecular weight excluding hydrogens is 313 g/mol. The summed E-state index contributed by atoms with van der Waals surface area (Å²) >= 11 is 0. The maximum atomic E-state index is 13.4. The van der Waals surface area contributed by atoms with Crippen LogP contribution in [0.1, 0.15) is 0 Å². The van der Waals surface area contributed by atoms with Gasteiger partial charge in [0.15, 0.2) is 23.1 Å². The Hall–Kier alpha value is -2.31. The lowest BCUT2D eigenvalue weighted by Crippen LogP contribution is -2.41. The monoisotopic (exact) mass is 333 g/mol. The highest BCUT2D eigenvalue weighted by atomic mass is 19.1. The highest BCUT2D eigenvalue weighted by Crippen LogP contribution is 2.30. The van der Waals surface area contributed by atoms with E-state index >= 15 is 0 Å². The number of fused-ring (bicyclic) bond motifs is 1. The molecule has 0 fully saturated rings. The first kappa shape index (κ1) is 16.5. The molecule has 3 rings (SSSR count). The fourth-order valence-corrected chi connectivity index (χ4v) is 2.38. The Morgan fingerprint density at radius 3 is 2.75 bits per heavy atom. The zero-order valence-electron chi connectivity index (χ0n) is 13.2. The van der Waals surface area contributed by atoms with Gasteiger partial charge in [-0.25, -0.2) is 4.39 Å². The van der Waals surface area contributed by atoms with Crippen LogP contribution in [0, 0.1) is 5.82 Å². The maximum absolute atomic E-state index is 13.4. The molecule has 1 heterocycles. The Kier molecular flexibility index (Phi) is 5.51.